The van der Waals surface area contributed by atoms with Crippen LogP contribution in [0.2, 0.25) is 0 Å². The van der Waals surface area contributed by atoms with Crippen LogP contribution in [0.3, 0.4) is 0 Å². The molecule has 0 aliphatic rings. The van der Waals surface area contributed by atoms with Crippen molar-refractivity contribution in [1.29, 1.82) is 0 Å². The predicted octanol–water partition coefficient (Wildman–Crippen LogP) is 3.54. The fourth-order valence-corrected chi connectivity index (χ4v) is 2.64. The van der Waals surface area contributed by atoms with Crippen LogP contribution in [0.1, 0.15) is 17.4 Å². The summed E-state index contributed by atoms with van der Waals surface area (Å²) in [5.41, 5.74) is 0.715. The first kappa shape index (κ1) is 17.6. The van der Waals surface area contributed by atoms with Crippen molar-refractivity contribution in [1.82, 2.24) is 15.3 Å². The molecule has 3 N–H and O–H groups in total. The maximum atomic E-state index is 14.2. The van der Waals surface area contributed by atoms with E-state index in [1.165, 1.54) is 37.4 Å². The topological polar surface area (TPSA) is 87.2 Å². The van der Waals surface area contributed by atoms with Gasteiger partial charge in [-0.25, -0.2) is 18.6 Å². The summed E-state index contributed by atoms with van der Waals surface area (Å²) in [6, 6.07) is 5.41. The van der Waals surface area contributed by atoms with Crippen LogP contribution in [0.25, 0.3) is 11.0 Å². The molecule has 136 valence electrons. The maximum Gasteiger partial charge on any atom is 0.405 e. The van der Waals surface area contributed by atoms with Crippen molar-refractivity contribution in [2.45, 2.75) is 12.5 Å². The number of nitrogens with zero attached hydrogens (tertiary/aromatic N) is 1. The van der Waals surface area contributed by atoms with Gasteiger partial charge in [0.15, 0.2) is 11.6 Å². The molecule has 0 bridgehead atoms. The van der Waals surface area contributed by atoms with E-state index in [4.69, 9.17) is 9.84 Å². The quantitative estimate of drug-likeness (QED) is 0.645. The van der Waals surface area contributed by atoms with Gasteiger partial charge in [-0.2, -0.15) is 4.39 Å². The van der Waals surface area contributed by atoms with Gasteiger partial charge in [-0.15, -0.1) is 0 Å². The largest absolute Gasteiger partial charge is 0.494 e. The van der Waals surface area contributed by atoms with Crippen molar-refractivity contribution in [2.75, 3.05) is 7.11 Å². The molecule has 0 aliphatic heterocycles. The third kappa shape index (κ3) is 3.41. The van der Waals surface area contributed by atoms with E-state index in [1.54, 1.807) is 0 Å². The van der Waals surface area contributed by atoms with E-state index < -0.39 is 29.6 Å². The standard InChI is InChI=1S/C17H14F3N3O3/c1-26-13-5-2-8(14(19)15(13)20)6-12(23-17(24)25)16-21-10-4-3-9(18)7-11(10)22-16/h2-5,7,12,23H,6H2,1H3,(H,21,22)(H,24,25). The highest BCUT2D eigenvalue weighted by atomic mass is 19.2. The van der Waals surface area contributed by atoms with Crippen LogP contribution in [0.5, 0.6) is 5.75 Å². The number of aromatic nitrogens is 2. The van der Waals surface area contributed by atoms with E-state index in [9.17, 15) is 18.0 Å². The van der Waals surface area contributed by atoms with Crippen LogP contribution in [-0.2, 0) is 6.42 Å². The van der Waals surface area contributed by atoms with E-state index in [0.717, 1.165) is 0 Å². The summed E-state index contributed by atoms with van der Waals surface area (Å²) in [6.07, 6.45) is -1.57. The molecule has 1 unspecified atom stereocenters. The molecule has 0 radical (unpaired) electrons. The van der Waals surface area contributed by atoms with Crippen LogP contribution in [-0.4, -0.2) is 28.3 Å². The number of carbonyl (C=O) groups is 1. The minimum Gasteiger partial charge on any atom is -0.494 e. The first-order chi connectivity index (χ1) is 12.4. The molecule has 1 amide bonds. The maximum absolute atomic E-state index is 14.2. The zero-order valence-electron chi connectivity index (χ0n) is 13.5. The van der Waals surface area contributed by atoms with Gasteiger partial charge < -0.3 is 20.1 Å². The molecular formula is C17H14F3N3O3. The summed E-state index contributed by atoms with van der Waals surface area (Å²) in [4.78, 5) is 18.1. The summed E-state index contributed by atoms with van der Waals surface area (Å²) in [5, 5.41) is 11.3. The monoisotopic (exact) mass is 365 g/mol. The third-order valence-electron chi connectivity index (χ3n) is 3.86. The molecule has 6 nitrogen and oxygen atoms in total. The number of hydrogen-bond donors (Lipinski definition) is 3. The second kappa shape index (κ2) is 6.95. The summed E-state index contributed by atoms with van der Waals surface area (Å²) >= 11 is 0. The number of carboxylic acid groups (broad SMARTS) is 1. The number of rotatable bonds is 5. The normalized spacial score (nSPS) is 12.2. The lowest BCUT2D eigenvalue weighted by atomic mass is 10.0. The van der Waals surface area contributed by atoms with E-state index in [0.29, 0.717) is 11.0 Å². The molecule has 1 atom stereocenters. The smallest absolute Gasteiger partial charge is 0.405 e. The number of H-pyrrole nitrogens is 1. The number of hydrogen-bond acceptors (Lipinski definition) is 3. The molecule has 3 rings (SSSR count). The number of ether oxygens (including phenoxy) is 1. The van der Waals surface area contributed by atoms with Crippen molar-refractivity contribution in [3.05, 3.63) is 59.2 Å². The Morgan fingerprint density at radius 3 is 2.73 bits per heavy atom. The molecule has 3 aromatic rings. The average Bonchev–Trinajstić information content (AvgIpc) is 3.01. The summed E-state index contributed by atoms with van der Waals surface area (Å²) in [7, 11) is 1.21. The van der Waals surface area contributed by atoms with Gasteiger partial charge in [-0.3, -0.25) is 0 Å². The Balaban J connectivity index is 1.98. The zero-order chi connectivity index (χ0) is 18.8. The molecule has 0 saturated carbocycles. The first-order valence-electron chi connectivity index (χ1n) is 7.54. The van der Waals surface area contributed by atoms with Crippen molar-refractivity contribution in [2.24, 2.45) is 0 Å². The average molecular weight is 365 g/mol. The minimum absolute atomic E-state index is 0.0614. The van der Waals surface area contributed by atoms with E-state index in [2.05, 4.69) is 15.3 Å². The van der Waals surface area contributed by atoms with Gasteiger partial charge in [-0.1, -0.05) is 6.07 Å². The number of halogens is 3. The summed E-state index contributed by atoms with van der Waals surface area (Å²) in [5.74, 6) is -2.90. The summed E-state index contributed by atoms with van der Waals surface area (Å²) in [6.45, 7) is 0. The number of amides is 1. The van der Waals surface area contributed by atoms with Crippen molar-refractivity contribution in [3.8, 4) is 5.75 Å². The lowest BCUT2D eigenvalue weighted by molar-refractivity contribution is 0.189. The van der Waals surface area contributed by atoms with Gasteiger partial charge >= 0.3 is 6.09 Å². The van der Waals surface area contributed by atoms with Gasteiger partial charge in [0.25, 0.3) is 0 Å². The molecular weight excluding hydrogens is 351 g/mol. The highest BCUT2D eigenvalue weighted by molar-refractivity contribution is 5.75. The van der Waals surface area contributed by atoms with Crippen LogP contribution < -0.4 is 10.1 Å². The van der Waals surface area contributed by atoms with Crippen LogP contribution in [0.4, 0.5) is 18.0 Å². The Labute approximate surface area is 145 Å². The van der Waals surface area contributed by atoms with E-state index in [-0.39, 0.29) is 23.6 Å². The number of methoxy groups -OCH3 is 1. The van der Waals surface area contributed by atoms with Gasteiger partial charge in [0, 0.05) is 12.5 Å². The molecule has 0 aliphatic carbocycles. The summed E-state index contributed by atoms with van der Waals surface area (Å²) < 4.78 is 46.1. The zero-order valence-corrected chi connectivity index (χ0v) is 13.5. The second-order valence-corrected chi connectivity index (χ2v) is 5.54. The molecule has 2 aromatic carbocycles. The van der Waals surface area contributed by atoms with Crippen molar-refractivity contribution in [3.63, 3.8) is 0 Å². The van der Waals surface area contributed by atoms with Crippen LogP contribution in [0, 0.1) is 17.5 Å². The highest BCUT2D eigenvalue weighted by Crippen LogP contribution is 2.26. The number of benzene rings is 2. The second-order valence-electron chi connectivity index (χ2n) is 5.54. The van der Waals surface area contributed by atoms with E-state index >= 15 is 0 Å². The molecule has 0 saturated heterocycles. The number of nitrogens with one attached hydrogen (secondary N) is 2. The lowest BCUT2D eigenvalue weighted by Gasteiger charge is -2.16. The van der Waals surface area contributed by atoms with Crippen LogP contribution in [0.15, 0.2) is 30.3 Å². The number of aromatic amines is 1. The predicted molar refractivity (Wildman–Crippen MR) is 86.6 cm³/mol. The van der Waals surface area contributed by atoms with Crippen LogP contribution >= 0.6 is 0 Å². The van der Waals surface area contributed by atoms with Gasteiger partial charge in [0.2, 0.25) is 5.82 Å². The number of fused-ring (bicyclic) bond motifs is 1. The molecule has 26 heavy (non-hydrogen) atoms. The Hall–Kier alpha value is -3.23. The third-order valence-corrected chi connectivity index (χ3v) is 3.86. The van der Waals surface area contributed by atoms with Gasteiger partial charge in [0.05, 0.1) is 24.2 Å². The fourth-order valence-electron chi connectivity index (χ4n) is 2.64. The molecule has 0 fully saturated rings. The SMILES string of the molecule is COc1ccc(CC(NC(=O)O)c2nc3cc(F)ccc3[nH]2)c(F)c1F. The minimum atomic E-state index is -1.36. The highest BCUT2D eigenvalue weighted by Gasteiger charge is 2.23. The van der Waals surface area contributed by atoms with Gasteiger partial charge in [0.1, 0.15) is 11.6 Å². The Morgan fingerprint density at radius 1 is 1.27 bits per heavy atom. The molecule has 0 spiro atoms. The Bertz CT molecular complexity index is 975. The molecule has 1 heterocycles. The molecule has 1 aromatic heterocycles. The lowest BCUT2D eigenvalue weighted by Crippen LogP contribution is -2.29. The van der Waals surface area contributed by atoms with E-state index in [1.807, 2.05) is 0 Å². The van der Waals surface area contributed by atoms with Gasteiger partial charge in [-0.05, 0) is 23.8 Å². The molecule has 9 heteroatoms. The van der Waals surface area contributed by atoms with Crippen molar-refractivity contribution >= 4 is 17.1 Å². The fraction of sp³-hybridized carbons (Fsp3) is 0.176. The van der Waals surface area contributed by atoms with Crippen molar-refractivity contribution < 1.29 is 27.8 Å². The Kier molecular flexibility index (Phi) is 4.70. The number of imidazole rings is 1. The first-order valence-corrected chi connectivity index (χ1v) is 7.54. The Morgan fingerprint density at radius 2 is 2.04 bits per heavy atom.